The van der Waals surface area contributed by atoms with Crippen molar-refractivity contribution in [2.24, 2.45) is 0 Å². The van der Waals surface area contributed by atoms with Gasteiger partial charge < -0.3 is 5.73 Å². The van der Waals surface area contributed by atoms with Crippen molar-refractivity contribution in [3.63, 3.8) is 0 Å². The molecular weight excluding hydrogens is 226 g/mol. The molecule has 6 nitrogen and oxygen atoms in total. The van der Waals surface area contributed by atoms with E-state index in [-0.39, 0.29) is 5.69 Å². The highest BCUT2D eigenvalue weighted by Gasteiger charge is 2.08. The van der Waals surface area contributed by atoms with E-state index < -0.39 is 0 Å². The molecule has 0 aliphatic heterocycles. The monoisotopic (exact) mass is 237 g/mol. The van der Waals surface area contributed by atoms with Gasteiger partial charge in [-0.2, -0.15) is 0 Å². The van der Waals surface area contributed by atoms with Crippen LogP contribution in [0.3, 0.4) is 0 Å². The summed E-state index contributed by atoms with van der Waals surface area (Å²) in [7, 11) is 0. The minimum Gasteiger partial charge on any atom is -0.399 e. The van der Waals surface area contributed by atoms with Crippen molar-refractivity contribution in [2.75, 3.05) is 5.73 Å². The number of hydrogen-bond donors (Lipinski definition) is 2. The number of nitrogens with two attached hydrogens (primary N) is 1. The zero-order valence-electron chi connectivity index (χ0n) is 8.67. The molecule has 0 aliphatic carbocycles. The zero-order chi connectivity index (χ0) is 11.5. The first-order chi connectivity index (χ1) is 7.70. The Balaban J connectivity index is 2.30. The topological polar surface area (TPSA) is 89.6 Å². The molecule has 0 aromatic carbocycles. The van der Waals surface area contributed by atoms with Gasteiger partial charge in [0.05, 0.1) is 0 Å². The number of rotatable bonds is 3. The lowest BCUT2D eigenvalue weighted by atomic mass is 10.4. The van der Waals surface area contributed by atoms with E-state index in [1.807, 2.05) is 6.92 Å². The first kappa shape index (κ1) is 10.7. The van der Waals surface area contributed by atoms with E-state index >= 15 is 0 Å². The molecule has 2 heterocycles. The lowest BCUT2D eigenvalue weighted by Gasteiger charge is -2.01. The highest BCUT2D eigenvalue weighted by Crippen LogP contribution is 2.23. The number of pyridine rings is 1. The molecule has 84 valence electrons. The van der Waals surface area contributed by atoms with Crippen molar-refractivity contribution < 1.29 is 0 Å². The van der Waals surface area contributed by atoms with Crippen LogP contribution in [-0.4, -0.2) is 19.7 Å². The quantitative estimate of drug-likeness (QED) is 0.821. The van der Waals surface area contributed by atoms with Crippen LogP contribution in [0.25, 0.3) is 0 Å². The number of hydrogen-bond acceptors (Lipinski definition) is 5. The molecule has 0 aliphatic rings. The molecule has 0 radical (unpaired) electrons. The number of aromatic nitrogens is 4. The van der Waals surface area contributed by atoms with Crippen molar-refractivity contribution in [3.8, 4) is 0 Å². The van der Waals surface area contributed by atoms with E-state index in [2.05, 4.69) is 15.2 Å². The molecule has 2 aromatic heterocycles. The lowest BCUT2D eigenvalue weighted by molar-refractivity contribution is 0.660. The zero-order valence-corrected chi connectivity index (χ0v) is 9.49. The van der Waals surface area contributed by atoms with E-state index in [1.165, 1.54) is 16.3 Å². The second-order valence-corrected chi connectivity index (χ2v) is 4.07. The normalized spacial score (nSPS) is 10.6. The number of aromatic amines is 1. The molecular formula is C9H11N5OS. The van der Waals surface area contributed by atoms with Crippen LogP contribution < -0.4 is 11.4 Å². The summed E-state index contributed by atoms with van der Waals surface area (Å²) >= 11 is 1.30. The first-order valence-corrected chi connectivity index (χ1v) is 5.57. The molecule has 0 spiro atoms. The van der Waals surface area contributed by atoms with Crippen molar-refractivity contribution in [2.45, 2.75) is 23.7 Å². The lowest BCUT2D eigenvalue weighted by Crippen LogP contribution is -2.16. The standard InChI is InChI=1S/C9H11N5OS/c1-2-14-8(15)12-13-9(14)16-7-5-6(10)3-4-11-7/h3-5H,2H2,1H3,(H2,10,11)(H,12,15). The Kier molecular flexibility index (Phi) is 2.95. The van der Waals surface area contributed by atoms with Gasteiger partial charge >= 0.3 is 5.69 Å². The van der Waals surface area contributed by atoms with Crippen LogP contribution in [-0.2, 0) is 6.54 Å². The van der Waals surface area contributed by atoms with Crippen molar-refractivity contribution in [1.82, 2.24) is 19.7 Å². The minimum absolute atomic E-state index is 0.214. The summed E-state index contributed by atoms with van der Waals surface area (Å²) in [5.74, 6) is 0. The van der Waals surface area contributed by atoms with Crippen LogP contribution in [0.15, 0.2) is 33.3 Å². The van der Waals surface area contributed by atoms with E-state index in [0.717, 1.165) is 0 Å². The van der Waals surface area contributed by atoms with Gasteiger partial charge in [-0.15, -0.1) is 5.10 Å². The average Bonchev–Trinajstić information content (AvgIpc) is 2.59. The van der Waals surface area contributed by atoms with E-state index in [1.54, 1.807) is 18.3 Å². The molecule has 0 unspecified atom stereocenters. The predicted octanol–water partition coefficient (Wildman–Crippen LogP) is 0.720. The van der Waals surface area contributed by atoms with Gasteiger partial charge in [-0.25, -0.2) is 14.9 Å². The molecule has 0 atom stereocenters. The minimum atomic E-state index is -0.214. The number of nitrogens with zero attached hydrogens (tertiary/aromatic N) is 3. The third kappa shape index (κ3) is 2.08. The largest absolute Gasteiger partial charge is 0.399 e. The average molecular weight is 237 g/mol. The van der Waals surface area contributed by atoms with Gasteiger partial charge in [0, 0.05) is 18.4 Å². The van der Waals surface area contributed by atoms with Gasteiger partial charge in [0.25, 0.3) is 0 Å². The Morgan fingerprint density at radius 3 is 3.12 bits per heavy atom. The molecule has 0 saturated carbocycles. The number of nitrogens with one attached hydrogen (secondary N) is 1. The van der Waals surface area contributed by atoms with Crippen LogP contribution >= 0.6 is 11.8 Å². The van der Waals surface area contributed by atoms with Crippen molar-refractivity contribution >= 4 is 17.4 Å². The third-order valence-electron chi connectivity index (χ3n) is 1.99. The predicted molar refractivity (Wildman–Crippen MR) is 61.3 cm³/mol. The summed E-state index contributed by atoms with van der Waals surface area (Å²) in [4.78, 5) is 15.4. The second-order valence-electron chi connectivity index (χ2n) is 3.09. The van der Waals surface area contributed by atoms with E-state index in [0.29, 0.717) is 22.4 Å². The van der Waals surface area contributed by atoms with Crippen molar-refractivity contribution in [3.05, 3.63) is 28.8 Å². The van der Waals surface area contributed by atoms with Crippen LogP contribution in [0.5, 0.6) is 0 Å². The Bertz CT molecular complexity index is 547. The Morgan fingerprint density at radius 1 is 1.62 bits per heavy atom. The molecule has 7 heteroatoms. The second kappa shape index (κ2) is 4.40. The Morgan fingerprint density at radius 2 is 2.44 bits per heavy atom. The Labute approximate surface area is 95.9 Å². The number of anilines is 1. The summed E-state index contributed by atoms with van der Waals surface area (Å²) in [5, 5.41) is 7.62. The van der Waals surface area contributed by atoms with Gasteiger partial charge in [-0.05, 0) is 30.8 Å². The van der Waals surface area contributed by atoms with Gasteiger partial charge in [-0.1, -0.05) is 0 Å². The van der Waals surface area contributed by atoms with Gasteiger partial charge in [-0.3, -0.25) is 4.57 Å². The highest BCUT2D eigenvalue weighted by molar-refractivity contribution is 7.99. The summed E-state index contributed by atoms with van der Waals surface area (Å²) in [5.41, 5.74) is 6.06. The molecule has 0 saturated heterocycles. The SMILES string of the molecule is CCn1c(Sc2cc(N)ccn2)n[nH]c1=O. The fraction of sp³-hybridized carbons (Fsp3) is 0.222. The molecule has 0 bridgehead atoms. The maximum absolute atomic E-state index is 11.3. The van der Waals surface area contributed by atoms with Crippen LogP contribution in [0.2, 0.25) is 0 Å². The van der Waals surface area contributed by atoms with Gasteiger partial charge in [0.15, 0.2) is 5.16 Å². The molecule has 16 heavy (non-hydrogen) atoms. The molecule has 0 amide bonds. The van der Waals surface area contributed by atoms with Crippen molar-refractivity contribution in [1.29, 1.82) is 0 Å². The fourth-order valence-electron chi connectivity index (χ4n) is 1.23. The molecule has 2 aromatic rings. The van der Waals surface area contributed by atoms with E-state index in [4.69, 9.17) is 5.73 Å². The summed E-state index contributed by atoms with van der Waals surface area (Å²) in [6.45, 7) is 2.45. The first-order valence-electron chi connectivity index (χ1n) is 4.75. The smallest absolute Gasteiger partial charge is 0.343 e. The highest BCUT2D eigenvalue weighted by atomic mass is 32.2. The fourth-order valence-corrected chi connectivity index (χ4v) is 2.14. The van der Waals surface area contributed by atoms with Gasteiger partial charge in [0.1, 0.15) is 5.03 Å². The van der Waals surface area contributed by atoms with Crippen LogP contribution in [0, 0.1) is 0 Å². The summed E-state index contributed by atoms with van der Waals surface area (Å²) < 4.78 is 1.54. The van der Waals surface area contributed by atoms with Crippen LogP contribution in [0.1, 0.15) is 6.92 Å². The van der Waals surface area contributed by atoms with Crippen LogP contribution in [0.4, 0.5) is 5.69 Å². The number of nitrogen functional groups attached to an aromatic ring is 1. The van der Waals surface area contributed by atoms with Gasteiger partial charge in [0.2, 0.25) is 0 Å². The molecule has 3 N–H and O–H groups in total. The molecule has 2 rings (SSSR count). The summed E-state index contributed by atoms with van der Waals surface area (Å²) in [6, 6.07) is 3.45. The Hall–Kier alpha value is -1.76. The third-order valence-corrected chi connectivity index (χ3v) is 2.92. The summed E-state index contributed by atoms with van der Waals surface area (Å²) in [6.07, 6.45) is 1.62. The number of H-pyrrole nitrogens is 1. The van der Waals surface area contributed by atoms with E-state index in [9.17, 15) is 4.79 Å². The molecule has 0 fully saturated rings. The maximum Gasteiger partial charge on any atom is 0.343 e. The maximum atomic E-state index is 11.3.